The summed E-state index contributed by atoms with van der Waals surface area (Å²) in [6, 6.07) is 7.44. The van der Waals surface area contributed by atoms with Gasteiger partial charge >= 0.3 is 10.2 Å². The number of anilines is 1. The molecule has 0 unspecified atom stereocenters. The minimum Gasteiger partial charge on any atom is -0.261 e. The molecule has 1 aliphatic heterocycles. The maximum Gasteiger partial charge on any atom is 0.303 e. The minimum atomic E-state index is -3.27. The average molecular weight is 226 g/mol. The Morgan fingerprint density at radius 3 is 2.20 bits per heavy atom. The molecule has 1 saturated heterocycles. The van der Waals surface area contributed by atoms with E-state index in [1.54, 1.807) is 7.05 Å². The summed E-state index contributed by atoms with van der Waals surface area (Å²) in [7, 11) is -1.68. The highest BCUT2D eigenvalue weighted by molar-refractivity contribution is 7.90. The molecule has 1 aliphatic rings. The smallest absolute Gasteiger partial charge is 0.261 e. The maximum absolute atomic E-state index is 11.8. The minimum absolute atomic E-state index is 0.637. The first-order valence-electron chi connectivity index (χ1n) is 4.82. The number of benzene rings is 1. The van der Waals surface area contributed by atoms with Crippen LogP contribution in [0.2, 0.25) is 0 Å². The lowest BCUT2D eigenvalue weighted by Gasteiger charge is -2.19. The molecule has 0 amide bonds. The Morgan fingerprint density at radius 1 is 1.20 bits per heavy atom. The van der Waals surface area contributed by atoms with Gasteiger partial charge in [0.05, 0.1) is 5.69 Å². The topological polar surface area (TPSA) is 40.4 Å². The van der Waals surface area contributed by atoms with Crippen molar-refractivity contribution < 1.29 is 8.42 Å². The van der Waals surface area contributed by atoms with Crippen LogP contribution in [0.15, 0.2) is 24.3 Å². The third-order valence-corrected chi connectivity index (χ3v) is 4.40. The molecule has 0 aliphatic carbocycles. The van der Waals surface area contributed by atoms with Crippen molar-refractivity contribution in [3.05, 3.63) is 29.8 Å². The molecule has 0 saturated carbocycles. The third kappa shape index (κ3) is 1.98. The molecule has 82 valence electrons. The molecular weight excluding hydrogens is 212 g/mol. The molecule has 1 aromatic carbocycles. The van der Waals surface area contributed by atoms with E-state index in [0.717, 1.165) is 5.56 Å². The normalized spacial score (nSPS) is 16.4. The summed E-state index contributed by atoms with van der Waals surface area (Å²) in [5, 5.41) is 0. The SMILES string of the molecule is Cc1ccc(N(C)S(=O)(=O)N2CC2)cc1. The second kappa shape index (κ2) is 3.50. The van der Waals surface area contributed by atoms with Crippen LogP contribution >= 0.6 is 0 Å². The van der Waals surface area contributed by atoms with Gasteiger partial charge in [0.25, 0.3) is 0 Å². The van der Waals surface area contributed by atoms with Crippen LogP contribution in [0.4, 0.5) is 5.69 Å². The van der Waals surface area contributed by atoms with E-state index in [1.165, 1.54) is 8.61 Å². The van der Waals surface area contributed by atoms with E-state index in [9.17, 15) is 8.42 Å². The molecule has 1 aromatic rings. The lowest BCUT2D eigenvalue weighted by molar-refractivity contribution is 0.561. The summed E-state index contributed by atoms with van der Waals surface area (Å²) >= 11 is 0. The Kier molecular flexibility index (Phi) is 2.44. The quantitative estimate of drug-likeness (QED) is 0.721. The zero-order valence-corrected chi connectivity index (χ0v) is 9.66. The summed E-state index contributed by atoms with van der Waals surface area (Å²) in [5.41, 5.74) is 1.82. The number of hydrogen-bond donors (Lipinski definition) is 0. The van der Waals surface area contributed by atoms with Gasteiger partial charge in [-0.15, -0.1) is 0 Å². The van der Waals surface area contributed by atoms with Gasteiger partial charge in [-0.05, 0) is 19.1 Å². The standard InChI is InChI=1S/C10H14N2O2S/c1-9-3-5-10(6-4-9)11(2)15(13,14)12-7-8-12/h3-6H,7-8H2,1-2H3. The lowest BCUT2D eigenvalue weighted by Crippen LogP contribution is -2.32. The summed E-state index contributed by atoms with van der Waals surface area (Å²) in [5.74, 6) is 0. The molecule has 0 N–H and O–H groups in total. The van der Waals surface area contributed by atoms with Crippen LogP contribution in [-0.4, -0.2) is 32.9 Å². The molecule has 4 nitrogen and oxygen atoms in total. The van der Waals surface area contributed by atoms with E-state index < -0.39 is 10.2 Å². The van der Waals surface area contributed by atoms with Crippen LogP contribution in [0.25, 0.3) is 0 Å². The van der Waals surface area contributed by atoms with Crippen molar-refractivity contribution in [3.63, 3.8) is 0 Å². The zero-order chi connectivity index (χ0) is 11.1. The molecule has 2 rings (SSSR count). The summed E-state index contributed by atoms with van der Waals surface area (Å²) in [6.45, 7) is 3.25. The van der Waals surface area contributed by atoms with Crippen molar-refractivity contribution in [1.82, 2.24) is 4.31 Å². The van der Waals surface area contributed by atoms with Crippen molar-refractivity contribution in [2.24, 2.45) is 0 Å². The Labute approximate surface area is 90.3 Å². The van der Waals surface area contributed by atoms with Crippen LogP contribution in [0, 0.1) is 6.92 Å². The Hall–Kier alpha value is -1.07. The van der Waals surface area contributed by atoms with Gasteiger partial charge in [-0.1, -0.05) is 17.7 Å². The zero-order valence-electron chi connectivity index (χ0n) is 8.84. The number of aryl methyl sites for hydroxylation is 1. The molecule has 1 fully saturated rings. The van der Waals surface area contributed by atoms with Crippen LogP contribution in [0.1, 0.15) is 5.56 Å². The van der Waals surface area contributed by atoms with Crippen LogP contribution in [0.3, 0.4) is 0 Å². The van der Waals surface area contributed by atoms with Crippen LogP contribution < -0.4 is 4.31 Å². The van der Waals surface area contributed by atoms with E-state index in [4.69, 9.17) is 0 Å². The van der Waals surface area contributed by atoms with Gasteiger partial charge in [0, 0.05) is 20.1 Å². The van der Waals surface area contributed by atoms with E-state index >= 15 is 0 Å². The molecule has 0 aromatic heterocycles. The van der Waals surface area contributed by atoms with E-state index in [1.807, 2.05) is 31.2 Å². The Morgan fingerprint density at radius 2 is 1.73 bits per heavy atom. The second-order valence-corrected chi connectivity index (χ2v) is 5.67. The van der Waals surface area contributed by atoms with Gasteiger partial charge in [-0.25, -0.2) is 0 Å². The lowest BCUT2D eigenvalue weighted by atomic mass is 10.2. The predicted molar refractivity (Wildman–Crippen MR) is 60.1 cm³/mol. The molecule has 0 atom stereocenters. The van der Waals surface area contributed by atoms with Crippen molar-refractivity contribution in [2.75, 3.05) is 24.4 Å². The van der Waals surface area contributed by atoms with Crippen LogP contribution in [-0.2, 0) is 10.2 Å². The van der Waals surface area contributed by atoms with Gasteiger partial charge in [-0.3, -0.25) is 4.31 Å². The van der Waals surface area contributed by atoms with Crippen molar-refractivity contribution >= 4 is 15.9 Å². The number of nitrogens with zero attached hydrogens (tertiary/aromatic N) is 2. The predicted octanol–water partition coefficient (Wildman–Crippen LogP) is 0.992. The fraction of sp³-hybridized carbons (Fsp3) is 0.400. The molecule has 1 heterocycles. The first-order chi connectivity index (χ1) is 7.01. The van der Waals surface area contributed by atoms with Crippen molar-refractivity contribution in [1.29, 1.82) is 0 Å². The van der Waals surface area contributed by atoms with Gasteiger partial charge in [-0.2, -0.15) is 12.7 Å². The molecule has 0 bridgehead atoms. The van der Waals surface area contributed by atoms with Gasteiger partial charge in [0.1, 0.15) is 0 Å². The van der Waals surface area contributed by atoms with Gasteiger partial charge in [0.2, 0.25) is 0 Å². The maximum atomic E-state index is 11.8. The van der Waals surface area contributed by atoms with E-state index in [0.29, 0.717) is 18.8 Å². The monoisotopic (exact) mass is 226 g/mol. The average Bonchev–Trinajstić information content (AvgIpc) is 3.01. The Bertz CT molecular complexity index is 449. The van der Waals surface area contributed by atoms with E-state index in [-0.39, 0.29) is 0 Å². The second-order valence-electron chi connectivity index (χ2n) is 3.71. The highest BCUT2D eigenvalue weighted by Gasteiger charge is 2.35. The van der Waals surface area contributed by atoms with Crippen molar-refractivity contribution in [2.45, 2.75) is 6.92 Å². The molecule has 0 spiro atoms. The fourth-order valence-corrected chi connectivity index (χ4v) is 2.61. The molecular formula is C10H14N2O2S. The number of rotatable bonds is 3. The largest absolute Gasteiger partial charge is 0.303 e. The highest BCUT2D eigenvalue weighted by atomic mass is 32.2. The summed E-state index contributed by atoms with van der Waals surface area (Å²) in [4.78, 5) is 0. The fourth-order valence-electron chi connectivity index (χ4n) is 1.33. The Balaban J connectivity index is 2.27. The van der Waals surface area contributed by atoms with Crippen molar-refractivity contribution in [3.8, 4) is 0 Å². The molecule has 15 heavy (non-hydrogen) atoms. The molecule has 0 radical (unpaired) electrons. The van der Waals surface area contributed by atoms with Crippen LogP contribution in [0.5, 0.6) is 0 Å². The van der Waals surface area contributed by atoms with Gasteiger partial charge < -0.3 is 0 Å². The first kappa shape index (κ1) is 10.4. The molecule has 5 heteroatoms. The highest BCUT2D eigenvalue weighted by Crippen LogP contribution is 2.22. The third-order valence-electron chi connectivity index (χ3n) is 2.48. The first-order valence-corrected chi connectivity index (χ1v) is 6.22. The van der Waals surface area contributed by atoms with Gasteiger partial charge in [0.15, 0.2) is 0 Å². The summed E-state index contributed by atoms with van der Waals surface area (Å²) in [6.07, 6.45) is 0. The number of hydrogen-bond acceptors (Lipinski definition) is 2. The summed E-state index contributed by atoms with van der Waals surface area (Å²) < 4.78 is 26.4. The van der Waals surface area contributed by atoms with E-state index in [2.05, 4.69) is 0 Å².